The minimum absolute atomic E-state index is 0.0636. The Morgan fingerprint density at radius 3 is 2.60 bits per heavy atom. The predicted octanol–water partition coefficient (Wildman–Crippen LogP) is 3.57. The molecule has 8 nitrogen and oxygen atoms in total. The molecule has 1 saturated heterocycles. The number of nitrogens with zero attached hydrogens (tertiary/aromatic N) is 6. The lowest BCUT2D eigenvalue weighted by Gasteiger charge is -2.33. The van der Waals surface area contributed by atoms with Crippen LogP contribution in [-0.2, 0) is 11.2 Å². The summed E-state index contributed by atoms with van der Waals surface area (Å²) < 4.78 is 1.72. The van der Waals surface area contributed by atoms with Crippen molar-refractivity contribution in [1.82, 2.24) is 24.9 Å². The lowest BCUT2D eigenvalue weighted by Crippen LogP contribution is -2.44. The zero-order chi connectivity index (χ0) is 23.9. The van der Waals surface area contributed by atoms with Crippen LogP contribution in [0.5, 0.6) is 0 Å². The van der Waals surface area contributed by atoms with Gasteiger partial charge in [0.05, 0.1) is 11.4 Å². The van der Waals surface area contributed by atoms with E-state index in [-0.39, 0.29) is 17.7 Å². The van der Waals surface area contributed by atoms with Crippen LogP contribution in [0.25, 0.3) is 16.5 Å². The molecule has 0 bridgehead atoms. The number of rotatable bonds is 3. The van der Waals surface area contributed by atoms with Gasteiger partial charge in [-0.1, -0.05) is 35.5 Å². The number of aromatic nitrogens is 4. The molecule has 0 unspecified atom stereocenters. The van der Waals surface area contributed by atoms with Crippen molar-refractivity contribution in [2.24, 2.45) is 5.92 Å². The first-order valence-electron chi connectivity index (χ1n) is 12.1. The Bertz CT molecular complexity index is 1430. The van der Waals surface area contributed by atoms with Crippen LogP contribution in [-0.4, -0.2) is 56.3 Å². The van der Waals surface area contributed by atoms with E-state index in [1.807, 2.05) is 60.5 Å². The molecular weight excluding hydrogens is 440 g/mol. The molecule has 0 spiro atoms. The van der Waals surface area contributed by atoms with E-state index in [2.05, 4.69) is 21.4 Å². The molecule has 35 heavy (non-hydrogen) atoms. The van der Waals surface area contributed by atoms with E-state index >= 15 is 0 Å². The number of anilines is 1. The standard InChI is InChI=1S/C27H26N6O2/c1-18-25(29-30-33(18)24-8-4-6-21-17-28-13-9-22(21)24)27(35)31-14-10-20(11-15-31)26(34)32-16-12-19-5-2-3-7-23(19)32/h2-9,13,17,20H,10-12,14-16H2,1H3. The quantitative estimate of drug-likeness (QED) is 0.461. The lowest BCUT2D eigenvalue weighted by molar-refractivity contribution is -0.123. The van der Waals surface area contributed by atoms with Crippen LogP contribution in [0.4, 0.5) is 5.69 Å². The van der Waals surface area contributed by atoms with Crippen molar-refractivity contribution in [1.29, 1.82) is 0 Å². The predicted molar refractivity (Wildman–Crippen MR) is 133 cm³/mol. The summed E-state index contributed by atoms with van der Waals surface area (Å²) in [7, 11) is 0. The molecule has 2 amide bonds. The number of para-hydroxylation sites is 1. The Labute approximate surface area is 203 Å². The van der Waals surface area contributed by atoms with E-state index in [0.717, 1.165) is 35.1 Å². The maximum atomic E-state index is 13.3. The Hall–Kier alpha value is -4.07. The van der Waals surface area contributed by atoms with E-state index in [1.54, 1.807) is 15.8 Å². The third-order valence-electron chi connectivity index (χ3n) is 7.27. The fourth-order valence-electron chi connectivity index (χ4n) is 5.31. The summed E-state index contributed by atoms with van der Waals surface area (Å²) in [6.07, 6.45) is 5.78. The summed E-state index contributed by atoms with van der Waals surface area (Å²) in [5, 5.41) is 10.6. The van der Waals surface area contributed by atoms with Crippen molar-refractivity contribution in [3.05, 3.63) is 77.9 Å². The molecule has 6 rings (SSSR count). The number of benzene rings is 2. The second kappa shape index (κ2) is 8.61. The van der Waals surface area contributed by atoms with Crippen LogP contribution >= 0.6 is 0 Å². The number of piperidine rings is 1. The van der Waals surface area contributed by atoms with Gasteiger partial charge >= 0.3 is 0 Å². The largest absolute Gasteiger partial charge is 0.337 e. The number of carbonyl (C=O) groups excluding carboxylic acids is 2. The van der Waals surface area contributed by atoms with Crippen molar-refractivity contribution >= 4 is 28.3 Å². The molecule has 2 aliphatic rings. The average molecular weight is 467 g/mol. The highest BCUT2D eigenvalue weighted by molar-refractivity contribution is 5.98. The summed E-state index contributed by atoms with van der Waals surface area (Å²) in [6.45, 7) is 3.69. The Kier molecular flexibility index (Phi) is 5.28. The second-order valence-electron chi connectivity index (χ2n) is 9.24. The molecule has 4 aromatic rings. The molecule has 0 saturated carbocycles. The number of amides is 2. The molecule has 0 aliphatic carbocycles. The summed E-state index contributed by atoms with van der Waals surface area (Å²) >= 11 is 0. The van der Waals surface area contributed by atoms with Crippen LogP contribution < -0.4 is 4.90 Å². The van der Waals surface area contributed by atoms with Gasteiger partial charge in [-0.25, -0.2) is 4.68 Å². The molecule has 4 heterocycles. The normalized spacial score (nSPS) is 16.0. The molecular formula is C27H26N6O2. The van der Waals surface area contributed by atoms with Gasteiger partial charge < -0.3 is 9.80 Å². The van der Waals surface area contributed by atoms with Crippen molar-refractivity contribution in [2.75, 3.05) is 24.5 Å². The van der Waals surface area contributed by atoms with Gasteiger partial charge in [-0.3, -0.25) is 14.6 Å². The van der Waals surface area contributed by atoms with Gasteiger partial charge in [0.2, 0.25) is 5.91 Å². The molecule has 0 atom stereocenters. The Morgan fingerprint density at radius 2 is 1.74 bits per heavy atom. The van der Waals surface area contributed by atoms with Crippen LogP contribution in [0.1, 0.15) is 34.6 Å². The molecule has 2 aromatic carbocycles. The Balaban J connectivity index is 1.16. The van der Waals surface area contributed by atoms with Gasteiger partial charge in [-0.05, 0) is 49.9 Å². The number of fused-ring (bicyclic) bond motifs is 2. The highest BCUT2D eigenvalue weighted by atomic mass is 16.2. The fourth-order valence-corrected chi connectivity index (χ4v) is 5.31. The van der Waals surface area contributed by atoms with Gasteiger partial charge in [-0.15, -0.1) is 5.10 Å². The van der Waals surface area contributed by atoms with Crippen molar-refractivity contribution in [3.63, 3.8) is 0 Å². The van der Waals surface area contributed by atoms with E-state index in [9.17, 15) is 9.59 Å². The molecule has 1 fully saturated rings. The van der Waals surface area contributed by atoms with Gasteiger partial charge in [0.15, 0.2) is 5.69 Å². The second-order valence-corrected chi connectivity index (χ2v) is 9.24. The number of likely N-dealkylation sites (tertiary alicyclic amines) is 1. The van der Waals surface area contributed by atoms with E-state index < -0.39 is 0 Å². The zero-order valence-electron chi connectivity index (χ0n) is 19.6. The van der Waals surface area contributed by atoms with E-state index in [0.29, 0.717) is 37.3 Å². The highest BCUT2D eigenvalue weighted by Crippen LogP contribution is 2.31. The third kappa shape index (κ3) is 3.65. The minimum Gasteiger partial charge on any atom is -0.337 e. The molecule has 8 heteroatoms. The maximum Gasteiger partial charge on any atom is 0.276 e. The first kappa shape index (κ1) is 21.5. The van der Waals surface area contributed by atoms with E-state index in [4.69, 9.17) is 0 Å². The van der Waals surface area contributed by atoms with Crippen LogP contribution in [0.2, 0.25) is 0 Å². The van der Waals surface area contributed by atoms with Crippen LogP contribution in [0.3, 0.4) is 0 Å². The summed E-state index contributed by atoms with van der Waals surface area (Å²) in [6, 6.07) is 16.0. The SMILES string of the molecule is Cc1c(C(=O)N2CCC(C(=O)N3CCc4ccccc43)CC2)nnn1-c1cccc2cnccc12. The van der Waals surface area contributed by atoms with Gasteiger partial charge in [0.25, 0.3) is 5.91 Å². The van der Waals surface area contributed by atoms with Crippen LogP contribution in [0, 0.1) is 12.8 Å². The molecule has 176 valence electrons. The number of pyridine rings is 1. The van der Waals surface area contributed by atoms with Crippen molar-refractivity contribution in [2.45, 2.75) is 26.2 Å². The zero-order valence-corrected chi connectivity index (χ0v) is 19.6. The maximum absolute atomic E-state index is 13.3. The van der Waals surface area contributed by atoms with Crippen LogP contribution in [0.15, 0.2) is 60.9 Å². The summed E-state index contributed by atoms with van der Waals surface area (Å²) in [5.41, 5.74) is 4.19. The summed E-state index contributed by atoms with van der Waals surface area (Å²) in [4.78, 5) is 34.5. The van der Waals surface area contributed by atoms with Gasteiger partial charge in [0.1, 0.15) is 0 Å². The average Bonchev–Trinajstić information content (AvgIpc) is 3.51. The summed E-state index contributed by atoms with van der Waals surface area (Å²) in [5.74, 6) is -0.0195. The molecule has 0 radical (unpaired) electrons. The minimum atomic E-state index is -0.131. The van der Waals surface area contributed by atoms with Gasteiger partial charge in [0, 0.05) is 54.4 Å². The Morgan fingerprint density at radius 1 is 0.943 bits per heavy atom. The smallest absolute Gasteiger partial charge is 0.276 e. The van der Waals surface area contributed by atoms with E-state index in [1.165, 1.54) is 5.56 Å². The van der Waals surface area contributed by atoms with Gasteiger partial charge in [-0.2, -0.15) is 0 Å². The first-order valence-corrected chi connectivity index (χ1v) is 12.1. The lowest BCUT2D eigenvalue weighted by atomic mass is 9.95. The molecule has 2 aliphatic heterocycles. The topological polar surface area (TPSA) is 84.2 Å². The first-order chi connectivity index (χ1) is 17.1. The number of hydrogen-bond donors (Lipinski definition) is 0. The number of carbonyl (C=O) groups is 2. The molecule has 0 N–H and O–H groups in total. The van der Waals surface area contributed by atoms with Crippen molar-refractivity contribution < 1.29 is 9.59 Å². The number of hydrogen-bond acceptors (Lipinski definition) is 5. The van der Waals surface area contributed by atoms with Crippen molar-refractivity contribution in [3.8, 4) is 5.69 Å². The third-order valence-corrected chi connectivity index (χ3v) is 7.27. The fraction of sp³-hybridized carbons (Fsp3) is 0.296. The monoisotopic (exact) mass is 466 g/mol. The highest BCUT2D eigenvalue weighted by Gasteiger charge is 2.34. The molecule has 2 aromatic heterocycles.